The third-order valence-electron chi connectivity index (χ3n) is 4.18. The minimum Gasteiger partial charge on any atom is -0.481 e. The molecule has 0 spiro atoms. The molecular weight excluding hydrogens is 332 g/mol. The molecule has 0 unspecified atom stereocenters. The van der Waals surface area contributed by atoms with Gasteiger partial charge >= 0.3 is 5.97 Å². The summed E-state index contributed by atoms with van der Waals surface area (Å²) < 4.78 is 5.63. The molecule has 2 N–H and O–H groups in total. The van der Waals surface area contributed by atoms with Gasteiger partial charge in [-0.1, -0.05) is 11.6 Å². The lowest BCUT2D eigenvalue weighted by atomic mass is 10.1. The Morgan fingerprint density at radius 1 is 1.29 bits per heavy atom. The number of aryl methyl sites for hydroxylation is 1. The van der Waals surface area contributed by atoms with Gasteiger partial charge in [0.05, 0.1) is 11.6 Å². The summed E-state index contributed by atoms with van der Waals surface area (Å²) in [6.45, 7) is 0.183. The number of carboxylic acid groups (broad SMARTS) is 1. The van der Waals surface area contributed by atoms with Crippen molar-refractivity contribution >= 4 is 23.5 Å². The van der Waals surface area contributed by atoms with Gasteiger partial charge in [-0.05, 0) is 37.1 Å². The van der Waals surface area contributed by atoms with Crippen molar-refractivity contribution < 1.29 is 19.1 Å². The van der Waals surface area contributed by atoms with Crippen LogP contribution in [0.25, 0.3) is 11.3 Å². The number of carbonyl (C=O) groups excluding carboxylic acids is 1. The van der Waals surface area contributed by atoms with Crippen LogP contribution in [0, 0.1) is 5.41 Å². The van der Waals surface area contributed by atoms with Crippen LogP contribution in [0.4, 0.5) is 0 Å². The van der Waals surface area contributed by atoms with Gasteiger partial charge in [-0.25, -0.2) is 4.98 Å². The van der Waals surface area contributed by atoms with Crippen LogP contribution in [-0.4, -0.2) is 28.5 Å². The lowest BCUT2D eigenvalue weighted by Gasteiger charge is -2.10. The Morgan fingerprint density at radius 2 is 2.00 bits per heavy atom. The molecule has 0 atom stereocenters. The Bertz CT molecular complexity index is 750. The van der Waals surface area contributed by atoms with Gasteiger partial charge in [-0.2, -0.15) is 0 Å². The van der Waals surface area contributed by atoms with Gasteiger partial charge < -0.3 is 14.8 Å². The van der Waals surface area contributed by atoms with E-state index in [0.717, 1.165) is 5.56 Å². The minimum absolute atomic E-state index is 0.183. The molecule has 7 heteroatoms. The van der Waals surface area contributed by atoms with E-state index in [2.05, 4.69) is 10.3 Å². The highest BCUT2D eigenvalue weighted by atomic mass is 35.5. The van der Waals surface area contributed by atoms with E-state index in [9.17, 15) is 9.59 Å². The quantitative estimate of drug-likeness (QED) is 0.802. The predicted octanol–water partition coefficient (Wildman–Crippen LogP) is 2.91. The van der Waals surface area contributed by atoms with Crippen molar-refractivity contribution in [2.45, 2.75) is 25.7 Å². The third-order valence-corrected chi connectivity index (χ3v) is 4.43. The van der Waals surface area contributed by atoms with Crippen LogP contribution in [0.5, 0.6) is 0 Å². The number of halogens is 1. The molecule has 6 nitrogen and oxygen atoms in total. The zero-order valence-corrected chi connectivity index (χ0v) is 13.7. The van der Waals surface area contributed by atoms with Crippen LogP contribution in [0.3, 0.4) is 0 Å². The molecule has 3 rings (SSSR count). The number of hydrogen-bond donors (Lipinski definition) is 2. The first-order chi connectivity index (χ1) is 11.5. The number of aromatic nitrogens is 1. The normalized spacial score (nSPS) is 15.0. The Morgan fingerprint density at radius 3 is 2.62 bits per heavy atom. The molecule has 1 fully saturated rings. The van der Waals surface area contributed by atoms with Gasteiger partial charge in [-0.3, -0.25) is 9.59 Å². The molecule has 1 saturated carbocycles. The van der Waals surface area contributed by atoms with Gasteiger partial charge in [-0.15, -0.1) is 0 Å². The van der Waals surface area contributed by atoms with Gasteiger partial charge in [0.1, 0.15) is 0 Å². The molecule has 0 radical (unpaired) electrons. The van der Waals surface area contributed by atoms with Crippen molar-refractivity contribution in [3.05, 3.63) is 41.4 Å². The van der Waals surface area contributed by atoms with Crippen molar-refractivity contribution in [3.63, 3.8) is 0 Å². The highest BCUT2D eigenvalue weighted by Gasteiger charge is 2.50. The molecule has 0 bridgehead atoms. The fourth-order valence-corrected chi connectivity index (χ4v) is 2.49. The molecule has 1 aromatic heterocycles. The Labute approximate surface area is 143 Å². The molecule has 1 aromatic carbocycles. The number of rotatable bonds is 7. The summed E-state index contributed by atoms with van der Waals surface area (Å²) in [5.74, 6) is 0.0382. The number of nitrogens with one attached hydrogen (secondary N) is 1. The van der Waals surface area contributed by atoms with Crippen LogP contribution in [0.2, 0.25) is 5.02 Å². The van der Waals surface area contributed by atoms with E-state index in [0.29, 0.717) is 35.9 Å². The van der Waals surface area contributed by atoms with Gasteiger partial charge in [0, 0.05) is 30.0 Å². The number of hydrogen-bond acceptors (Lipinski definition) is 4. The topological polar surface area (TPSA) is 92.4 Å². The van der Waals surface area contributed by atoms with E-state index in [-0.39, 0.29) is 18.9 Å². The summed E-state index contributed by atoms with van der Waals surface area (Å²) in [5.41, 5.74) is 0.111. The average molecular weight is 349 g/mol. The maximum Gasteiger partial charge on any atom is 0.311 e. The monoisotopic (exact) mass is 348 g/mol. The zero-order chi connectivity index (χ0) is 17.2. The van der Waals surface area contributed by atoms with Gasteiger partial charge in [0.25, 0.3) is 0 Å². The highest BCUT2D eigenvalue weighted by molar-refractivity contribution is 6.30. The molecule has 0 saturated heterocycles. The number of amides is 1. The molecule has 1 aliphatic rings. The molecule has 1 heterocycles. The summed E-state index contributed by atoms with van der Waals surface area (Å²) in [4.78, 5) is 27.1. The second kappa shape index (κ2) is 6.65. The minimum atomic E-state index is -0.844. The second-order valence-electron chi connectivity index (χ2n) is 5.99. The van der Waals surface area contributed by atoms with E-state index in [1.807, 2.05) is 12.1 Å². The lowest BCUT2D eigenvalue weighted by molar-refractivity contribution is -0.143. The second-order valence-corrected chi connectivity index (χ2v) is 6.42. The summed E-state index contributed by atoms with van der Waals surface area (Å²) in [6.07, 6.45) is 3.41. The van der Waals surface area contributed by atoms with Crippen molar-refractivity contribution in [2.75, 3.05) is 6.54 Å². The zero-order valence-electron chi connectivity index (χ0n) is 12.9. The largest absolute Gasteiger partial charge is 0.481 e. The average Bonchev–Trinajstić information content (AvgIpc) is 3.23. The summed E-state index contributed by atoms with van der Waals surface area (Å²) >= 11 is 5.85. The summed E-state index contributed by atoms with van der Waals surface area (Å²) in [5, 5.41) is 12.4. The SMILES string of the molecule is O=C(CCc1ncc(-c2ccc(Cl)cc2)o1)NCC1(C(=O)O)CC1. The number of carbonyl (C=O) groups is 2. The molecule has 126 valence electrons. The molecule has 0 aliphatic heterocycles. The fourth-order valence-electron chi connectivity index (χ4n) is 2.37. The predicted molar refractivity (Wildman–Crippen MR) is 87.6 cm³/mol. The first-order valence-corrected chi connectivity index (χ1v) is 8.07. The van der Waals surface area contributed by atoms with Gasteiger partial charge in [0.15, 0.2) is 11.7 Å². The fraction of sp³-hybridized carbons (Fsp3) is 0.353. The van der Waals surface area contributed by atoms with Crippen molar-refractivity contribution in [3.8, 4) is 11.3 Å². The van der Waals surface area contributed by atoms with Crippen molar-refractivity contribution in [2.24, 2.45) is 5.41 Å². The van der Waals surface area contributed by atoms with Crippen molar-refractivity contribution in [1.29, 1.82) is 0 Å². The highest BCUT2D eigenvalue weighted by Crippen LogP contribution is 2.45. The van der Waals surface area contributed by atoms with Crippen LogP contribution >= 0.6 is 11.6 Å². The summed E-state index contributed by atoms with van der Waals surface area (Å²) in [7, 11) is 0. The first-order valence-electron chi connectivity index (χ1n) is 7.69. The Kier molecular flexibility index (Phi) is 4.57. The Hall–Kier alpha value is -2.34. The van der Waals surface area contributed by atoms with Crippen LogP contribution < -0.4 is 5.32 Å². The van der Waals surface area contributed by atoms with E-state index in [1.54, 1.807) is 18.3 Å². The van der Waals surface area contributed by atoms with E-state index in [4.69, 9.17) is 21.1 Å². The lowest BCUT2D eigenvalue weighted by Crippen LogP contribution is -2.34. The number of aliphatic carboxylic acids is 1. The molecular formula is C17H17ClN2O4. The van der Waals surface area contributed by atoms with E-state index in [1.165, 1.54) is 0 Å². The van der Waals surface area contributed by atoms with Crippen molar-refractivity contribution in [1.82, 2.24) is 10.3 Å². The number of carboxylic acids is 1. The first kappa shape index (κ1) is 16.5. The number of nitrogens with zero attached hydrogens (tertiary/aromatic N) is 1. The molecule has 2 aromatic rings. The van der Waals surface area contributed by atoms with Crippen LogP contribution in [0.1, 0.15) is 25.2 Å². The molecule has 1 aliphatic carbocycles. The Balaban J connectivity index is 1.49. The molecule has 1 amide bonds. The smallest absolute Gasteiger partial charge is 0.311 e. The summed E-state index contributed by atoms with van der Waals surface area (Å²) in [6, 6.07) is 7.20. The molecule has 24 heavy (non-hydrogen) atoms. The number of benzene rings is 1. The van der Waals surface area contributed by atoms with Crippen LogP contribution in [-0.2, 0) is 16.0 Å². The van der Waals surface area contributed by atoms with Crippen LogP contribution in [0.15, 0.2) is 34.9 Å². The maximum atomic E-state index is 11.8. The maximum absolute atomic E-state index is 11.8. The van der Waals surface area contributed by atoms with E-state index >= 15 is 0 Å². The third kappa shape index (κ3) is 3.76. The van der Waals surface area contributed by atoms with Gasteiger partial charge in [0.2, 0.25) is 5.91 Å². The standard InChI is InChI=1S/C17H17ClN2O4/c18-12-3-1-11(2-4-12)13-9-19-15(24-13)6-5-14(21)20-10-17(7-8-17)16(22)23/h1-4,9H,5-8,10H2,(H,20,21)(H,22,23). The number of oxazole rings is 1. The van der Waals surface area contributed by atoms with E-state index < -0.39 is 11.4 Å².